The van der Waals surface area contributed by atoms with Crippen molar-refractivity contribution in [3.8, 4) is 45.3 Å². The summed E-state index contributed by atoms with van der Waals surface area (Å²) in [6.45, 7) is 0. The Bertz CT molecular complexity index is 2740. The predicted octanol–water partition coefficient (Wildman–Crippen LogP) is 12.0. The van der Waals surface area contributed by atoms with Crippen LogP contribution >= 0.6 is 0 Å². The Labute approximate surface area is 295 Å². The first kappa shape index (κ1) is 29.3. The standard InChI is InChI=1S/C47H31N3O/c1-3-14-31(15-4-1)45-48-46(32-16-5-2-6-17-32)50-47(49-45)42-29-41-39-26-25-34(28-43(39)51-44(41)40-23-10-9-22-38(40)42)33-19-11-20-35(27-33)37-24-12-18-30-13-7-8-21-36(30)37/h1-11,13-17,19-29H,12,18H2. The molecule has 0 bridgehead atoms. The highest BCUT2D eigenvalue weighted by atomic mass is 16.3. The molecule has 2 heterocycles. The van der Waals surface area contributed by atoms with Gasteiger partial charge in [0, 0.05) is 32.8 Å². The van der Waals surface area contributed by atoms with Crippen LogP contribution in [0.5, 0.6) is 0 Å². The summed E-state index contributed by atoms with van der Waals surface area (Å²) in [6.07, 6.45) is 4.53. The van der Waals surface area contributed by atoms with Crippen molar-refractivity contribution in [1.82, 2.24) is 15.0 Å². The summed E-state index contributed by atoms with van der Waals surface area (Å²) in [5.74, 6) is 1.90. The fourth-order valence-electron chi connectivity index (χ4n) is 7.51. The monoisotopic (exact) mass is 653 g/mol. The largest absolute Gasteiger partial charge is 0.455 e. The SMILES string of the molecule is C1=C(c2cccc(-c3ccc4c(c3)oc3c5ccccc5c(-c5nc(-c6ccccc6)nc(-c6ccccc6)n5)cc43)c2)c2ccccc2CC1. The maximum atomic E-state index is 6.73. The van der Waals surface area contributed by atoms with Crippen LogP contribution < -0.4 is 0 Å². The number of aryl methyl sites for hydroxylation is 1. The van der Waals surface area contributed by atoms with E-state index in [0.29, 0.717) is 17.5 Å². The van der Waals surface area contributed by atoms with Crippen molar-refractivity contribution in [2.75, 3.05) is 0 Å². The minimum Gasteiger partial charge on any atom is -0.455 e. The highest BCUT2D eigenvalue weighted by Gasteiger charge is 2.20. The van der Waals surface area contributed by atoms with E-state index in [1.54, 1.807) is 0 Å². The van der Waals surface area contributed by atoms with Crippen LogP contribution in [0, 0.1) is 0 Å². The van der Waals surface area contributed by atoms with Gasteiger partial charge in [-0.3, -0.25) is 0 Å². The fraction of sp³-hybridized carbons (Fsp3) is 0.0426. The molecule has 0 atom stereocenters. The van der Waals surface area contributed by atoms with Gasteiger partial charge in [-0.1, -0.05) is 140 Å². The first-order chi connectivity index (χ1) is 25.3. The van der Waals surface area contributed by atoms with Gasteiger partial charge in [0.1, 0.15) is 11.2 Å². The molecule has 0 spiro atoms. The van der Waals surface area contributed by atoms with Crippen LogP contribution in [-0.2, 0) is 6.42 Å². The minimum absolute atomic E-state index is 0.627. The number of hydrogen-bond acceptors (Lipinski definition) is 4. The van der Waals surface area contributed by atoms with Gasteiger partial charge in [0.2, 0.25) is 0 Å². The van der Waals surface area contributed by atoms with E-state index in [1.807, 2.05) is 60.7 Å². The van der Waals surface area contributed by atoms with Crippen molar-refractivity contribution < 1.29 is 4.42 Å². The summed E-state index contributed by atoms with van der Waals surface area (Å²) in [4.78, 5) is 15.1. The Balaban J connectivity index is 1.13. The van der Waals surface area contributed by atoms with E-state index in [1.165, 1.54) is 22.3 Å². The van der Waals surface area contributed by atoms with E-state index in [9.17, 15) is 0 Å². The average molecular weight is 654 g/mol. The Morgan fingerprint density at radius 2 is 1.04 bits per heavy atom. The molecule has 2 aromatic heterocycles. The highest BCUT2D eigenvalue weighted by molar-refractivity contribution is 6.19. The third kappa shape index (κ3) is 5.12. The number of aromatic nitrogens is 3. The van der Waals surface area contributed by atoms with Crippen LogP contribution in [0.15, 0.2) is 168 Å². The molecule has 0 amide bonds. The zero-order valence-corrected chi connectivity index (χ0v) is 27.8. The second-order valence-corrected chi connectivity index (χ2v) is 13.1. The highest BCUT2D eigenvalue weighted by Crippen LogP contribution is 2.41. The van der Waals surface area contributed by atoms with Crippen molar-refractivity contribution in [1.29, 1.82) is 0 Å². The molecule has 1 aliphatic carbocycles. The lowest BCUT2D eigenvalue weighted by Crippen LogP contribution is -2.00. The van der Waals surface area contributed by atoms with Gasteiger partial charge < -0.3 is 4.42 Å². The summed E-state index contributed by atoms with van der Waals surface area (Å²) in [6, 6.07) is 55.0. The molecule has 4 nitrogen and oxygen atoms in total. The van der Waals surface area contributed by atoms with E-state index in [0.717, 1.165) is 73.4 Å². The Hall–Kier alpha value is -6.65. The number of furan rings is 1. The Kier molecular flexibility index (Phi) is 6.91. The smallest absolute Gasteiger partial charge is 0.164 e. The molecule has 0 unspecified atom stereocenters. The minimum atomic E-state index is 0.627. The zero-order chi connectivity index (χ0) is 33.7. The summed E-state index contributed by atoms with van der Waals surface area (Å²) >= 11 is 0. The molecule has 0 saturated carbocycles. The average Bonchev–Trinajstić information content (AvgIpc) is 3.59. The molecule has 240 valence electrons. The third-order valence-electron chi connectivity index (χ3n) is 10.00. The van der Waals surface area contributed by atoms with Crippen LogP contribution in [0.3, 0.4) is 0 Å². The Morgan fingerprint density at radius 3 is 1.82 bits per heavy atom. The van der Waals surface area contributed by atoms with Crippen molar-refractivity contribution in [2.45, 2.75) is 12.8 Å². The molecule has 0 N–H and O–H groups in total. The van der Waals surface area contributed by atoms with E-state index in [2.05, 4.69) is 103 Å². The first-order valence-corrected chi connectivity index (χ1v) is 17.4. The third-order valence-corrected chi connectivity index (χ3v) is 10.00. The molecular weight excluding hydrogens is 623 g/mol. The lowest BCUT2D eigenvalue weighted by Gasteiger charge is -2.18. The van der Waals surface area contributed by atoms with Crippen LogP contribution in [0.2, 0.25) is 0 Å². The molecule has 0 aliphatic heterocycles. The predicted molar refractivity (Wildman–Crippen MR) is 208 cm³/mol. The van der Waals surface area contributed by atoms with E-state index < -0.39 is 0 Å². The molecule has 7 aromatic carbocycles. The fourth-order valence-corrected chi connectivity index (χ4v) is 7.51. The van der Waals surface area contributed by atoms with Crippen LogP contribution in [0.1, 0.15) is 23.1 Å². The molecular formula is C47H31N3O. The number of benzene rings is 7. The van der Waals surface area contributed by atoms with Crippen LogP contribution in [0.25, 0.3) is 83.6 Å². The summed E-state index contributed by atoms with van der Waals surface area (Å²) in [5, 5.41) is 4.14. The van der Waals surface area contributed by atoms with Crippen molar-refractivity contribution in [3.05, 3.63) is 180 Å². The molecule has 10 rings (SSSR count). The van der Waals surface area contributed by atoms with Crippen molar-refractivity contribution >= 4 is 38.3 Å². The molecule has 0 fully saturated rings. The van der Waals surface area contributed by atoms with Gasteiger partial charge in [0.25, 0.3) is 0 Å². The van der Waals surface area contributed by atoms with E-state index in [-0.39, 0.29) is 0 Å². The first-order valence-electron chi connectivity index (χ1n) is 17.4. The van der Waals surface area contributed by atoms with Gasteiger partial charge in [-0.05, 0) is 75.9 Å². The zero-order valence-electron chi connectivity index (χ0n) is 27.8. The quantitative estimate of drug-likeness (QED) is 0.185. The molecule has 9 aromatic rings. The van der Waals surface area contributed by atoms with Gasteiger partial charge in [-0.2, -0.15) is 0 Å². The second-order valence-electron chi connectivity index (χ2n) is 13.1. The summed E-state index contributed by atoms with van der Waals surface area (Å²) in [7, 11) is 0. The topological polar surface area (TPSA) is 51.8 Å². The maximum absolute atomic E-state index is 6.73. The van der Waals surface area contributed by atoms with Gasteiger partial charge in [-0.15, -0.1) is 0 Å². The number of hydrogen-bond donors (Lipinski definition) is 0. The van der Waals surface area contributed by atoms with Crippen molar-refractivity contribution in [2.24, 2.45) is 0 Å². The van der Waals surface area contributed by atoms with Gasteiger partial charge in [0.05, 0.1) is 0 Å². The van der Waals surface area contributed by atoms with E-state index in [4.69, 9.17) is 19.4 Å². The number of nitrogens with zero attached hydrogens (tertiary/aromatic N) is 3. The molecule has 4 heteroatoms. The number of fused-ring (bicyclic) bond motifs is 6. The number of allylic oxidation sites excluding steroid dienone is 1. The molecule has 51 heavy (non-hydrogen) atoms. The van der Waals surface area contributed by atoms with Crippen LogP contribution in [-0.4, -0.2) is 15.0 Å². The lowest BCUT2D eigenvalue weighted by molar-refractivity contribution is 0.673. The normalized spacial score (nSPS) is 12.7. The molecule has 1 aliphatic rings. The molecule has 0 saturated heterocycles. The lowest BCUT2D eigenvalue weighted by atomic mass is 9.86. The van der Waals surface area contributed by atoms with Crippen molar-refractivity contribution in [3.63, 3.8) is 0 Å². The maximum Gasteiger partial charge on any atom is 0.164 e. The van der Waals surface area contributed by atoms with Gasteiger partial charge in [0.15, 0.2) is 17.5 Å². The Morgan fingerprint density at radius 1 is 0.412 bits per heavy atom. The van der Waals surface area contributed by atoms with Crippen LogP contribution in [0.4, 0.5) is 0 Å². The van der Waals surface area contributed by atoms with Gasteiger partial charge >= 0.3 is 0 Å². The number of rotatable bonds is 5. The summed E-state index contributed by atoms with van der Waals surface area (Å²) in [5.41, 5.74) is 12.1. The molecule has 0 radical (unpaired) electrons. The van der Waals surface area contributed by atoms with E-state index >= 15 is 0 Å². The van der Waals surface area contributed by atoms with Gasteiger partial charge in [-0.25, -0.2) is 15.0 Å². The second kappa shape index (κ2) is 12.0. The summed E-state index contributed by atoms with van der Waals surface area (Å²) < 4.78 is 6.73.